The van der Waals surface area contributed by atoms with Crippen molar-refractivity contribution >= 4 is 11.6 Å². The Morgan fingerprint density at radius 1 is 1.27 bits per heavy atom. The molecule has 0 bridgehead atoms. The van der Waals surface area contributed by atoms with Crippen molar-refractivity contribution in [1.82, 2.24) is 0 Å². The van der Waals surface area contributed by atoms with Crippen molar-refractivity contribution < 1.29 is 4.74 Å². The van der Waals surface area contributed by atoms with E-state index in [1.54, 1.807) is 0 Å². The maximum atomic E-state index is 5.53. The van der Waals surface area contributed by atoms with Gasteiger partial charge in [-0.3, -0.25) is 0 Å². The largest absolute Gasteiger partial charge is 0.350 e. The zero-order valence-electron chi connectivity index (χ0n) is 9.03. The van der Waals surface area contributed by atoms with Gasteiger partial charge in [0.15, 0.2) is 0 Å². The molecule has 0 aliphatic heterocycles. The highest BCUT2D eigenvalue weighted by Crippen LogP contribution is 2.06. The Kier molecular flexibility index (Phi) is 5.25. The Morgan fingerprint density at radius 3 is 2.47 bits per heavy atom. The number of ether oxygens (including phenoxy) is 1. The van der Waals surface area contributed by atoms with Crippen molar-refractivity contribution in [2.75, 3.05) is 6.07 Å². The number of alkyl halides is 1. The van der Waals surface area contributed by atoms with Crippen LogP contribution < -0.4 is 0 Å². The molecule has 15 heavy (non-hydrogen) atoms. The summed E-state index contributed by atoms with van der Waals surface area (Å²) in [5, 5.41) is 0. The lowest BCUT2D eigenvalue weighted by molar-refractivity contribution is 0.0957. The van der Waals surface area contributed by atoms with Crippen LogP contribution in [0.3, 0.4) is 0 Å². The van der Waals surface area contributed by atoms with Crippen molar-refractivity contribution in [1.29, 1.82) is 0 Å². The van der Waals surface area contributed by atoms with E-state index in [4.69, 9.17) is 16.3 Å². The van der Waals surface area contributed by atoms with Gasteiger partial charge in [0.25, 0.3) is 0 Å². The monoisotopic (exact) mass is 222 g/mol. The van der Waals surface area contributed by atoms with Crippen molar-refractivity contribution in [2.24, 2.45) is 5.92 Å². The Balaban J connectivity index is 2.69. The molecule has 0 unspecified atom stereocenters. The molecule has 2 heteroatoms. The molecule has 0 saturated carbocycles. The molecule has 1 aromatic rings. The molecule has 0 fully saturated rings. The van der Waals surface area contributed by atoms with Gasteiger partial charge in [-0.25, -0.2) is 0 Å². The first-order valence-corrected chi connectivity index (χ1v) is 5.51. The molecule has 80 valence electrons. The lowest BCUT2D eigenvalue weighted by Crippen LogP contribution is -2.16. The molecular weight excluding hydrogens is 208 g/mol. The first kappa shape index (κ1) is 12.1. The van der Waals surface area contributed by atoms with Gasteiger partial charge in [-0.05, 0) is 18.1 Å². The zero-order chi connectivity index (χ0) is 11.1. The Bertz CT molecular complexity index is 335. The van der Waals surface area contributed by atoms with Gasteiger partial charge in [0.2, 0.25) is 0 Å². The summed E-state index contributed by atoms with van der Waals surface area (Å²) in [4.78, 5) is 0. The van der Waals surface area contributed by atoms with E-state index < -0.39 is 0 Å². The van der Waals surface area contributed by atoms with E-state index >= 15 is 0 Å². The summed E-state index contributed by atoms with van der Waals surface area (Å²) in [6.07, 6.45) is -0.0947. The van der Waals surface area contributed by atoms with Crippen LogP contribution in [0.1, 0.15) is 19.4 Å². The van der Waals surface area contributed by atoms with Crippen LogP contribution in [0.25, 0.3) is 0 Å². The van der Waals surface area contributed by atoms with Gasteiger partial charge in [-0.15, -0.1) is 0 Å². The average molecular weight is 223 g/mol. The second-order valence-electron chi connectivity index (χ2n) is 3.58. The molecule has 1 rings (SSSR count). The third-order valence-electron chi connectivity index (χ3n) is 1.98. The van der Waals surface area contributed by atoms with Crippen molar-refractivity contribution in [3.8, 4) is 11.8 Å². The molecule has 0 aliphatic carbocycles. The number of hydrogen-bond donors (Lipinski definition) is 0. The molecule has 1 aromatic carbocycles. The molecule has 0 radical (unpaired) electrons. The van der Waals surface area contributed by atoms with Crippen LogP contribution in [-0.4, -0.2) is 12.2 Å². The normalized spacial score (nSPS) is 12.0. The van der Waals surface area contributed by atoms with E-state index in [1.165, 1.54) is 0 Å². The van der Waals surface area contributed by atoms with E-state index in [0.717, 1.165) is 5.56 Å². The minimum absolute atomic E-state index is 0.0947. The molecule has 0 aromatic heterocycles. The topological polar surface area (TPSA) is 9.23 Å². The summed E-state index contributed by atoms with van der Waals surface area (Å²) in [6.45, 7) is 4.13. The highest BCUT2D eigenvalue weighted by atomic mass is 35.5. The molecule has 0 amide bonds. The van der Waals surface area contributed by atoms with Gasteiger partial charge < -0.3 is 4.74 Å². The quantitative estimate of drug-likeness (QED) is 0.564. The summed E-state index contributed by atoms with van der Waals surface area (Å²) >= 11 is 5.53. The highest BCUT2D eigenvalue weighted by molar-refractivity contribution is 6.17. The van der Waals surface area contributed by atoms with Gasteiger partial charge in [0.05, 0.1) is 0 Å². The minimum Gasteiger partial charge on any atom is -0.350 e. The summed E-state index contributed by atoms with van der Waals surface area (Å²) in [6, 6.07) is 10.1. The SMILES string of the molecule is CC(C)[C@@H](C#Cc1ccccc1)OCCl. The Morgan fingerprint density at radius 2 is 1.93 bits per heavy atom. The molecule has 0 saturated heterocycles. The smallest absolute Gasteiger partial charge is 0.122 e. The van der Waals surface area contributed by atoms with Gasteiger partial charge in [-0.1, -0.05) is 55.5 Å². The third kappa shape index (κ3) is 4.38. The van der Waals surface area contributed by atoms with Crippen LogP contribution in [0.15, 0.2) is 30.3 Å². The Labute approximate surface area is 96.4 Å². The zero-order valence-corrected chi connectivity index (χ0v) is 9.79. The van der Waals surface area contributed by atoms with Crippen LogP contribution in [-0.2, 0) is 4.74 Å². The first-order valence-electron chi connectivity index (χ1n) is 4.98. The first-order chi connectivity index (χ1) is 7.24. The second kappa shape index (κ2) is 6.50. The Hall–Kier alpha value is -0.970. The van der Waals surface area contributed by atoms with Crippen LogP contribution in [0.4, 0.5) is 0 Å². The summed E-state index contributed by atoms with van der Waals surface area (Å²) < 4.78 is 5.32. The van der Waals surface area contributed by atoms with Crippen LogP contribution in [0.5, 0.6) is 0 Å². The molecule has 1 atom stereocenters. The van der Waals surface area contributed by atoms with Gasteiger partial charge in [0, 0.05) is 5.56 Å². The van der Waals surface area contributed by atoms with Crippen molar-refractivity contribution in [2.45, 2.75) is 20.0 Å². The minimum atomic E-state index is -0.0947. The number of rotatable bonds is 3. The fraction of sp³-hybridized carbons (Fsp3) is 0.385. The standard InChI is InChI=1S/C13H15ClO/c1-11(2)13(15-10-14)9-8-12-6-4-3-5-7-12/h3-7,11,13H,10H2,1-2H3/t13-/m1/s1. The molecule has 0 heterocycles. The van der Waals surface area contributed by atoms with E-state index in [0.29, 0.717) is 5.92 Å². The summed E-state index contributed by atoms with van der Waals surface area (Å²) in [5.41, 5.74) is 1.00. The molecule has 0 spiro atoms. The molecule has 0 N–H and O–H groups in total. The lowest BCUT2D eigenvalue weighted by atomic mass is 10.1. The predicted octanol–water partition coefficient (Wildman–Crippen LogP) is 3.28. The predicted molar refractivity (Wildman–Crippen MR) is 63.8 cm³/mol. The van der Waals surface area contributed by atoms with Crippen LogP contribution >= 0.6 is 11.6 Å². The highest BCUT2D eigenvalue weighted by Gasteiger charge is 2.09. The van der Waals surface area contributed by atoms with Gasteiger partial charge in [-0.2, -0.15) is 0 Å². The van der Waals surface area contributed by atoms with E-state index in [9.17, 15) is 0 Å². The average Bonchev–Trinajstić information content (AvgIpc) is 2.25. The molecule has 0 aliphatic rings. The number of hydrogen-bond acceptors (Lipinski definition) is 1. The van der Waals surface area contributed by atoms with Gasteiger partial charge >= 0.3 is 0 Å². The van der Waals surface area contributed by atoms with E-state index in [2.05, 4.69) is 25.7 Å². The van der Waals surface area contributed by atoms with Crippen LogP contribution in [0.2, 0.25) is 0 Å². The summed E-state index contributed by atoms with van der Waals surface area (Å²) in [5.74, 6) is 6.50. The maximum Gasteiger partial charge on any atom is 0.122 e. The molecule has 1 nitrogen and oxygen atoms in total. The molecular formula is C13H15ClO. The van der Waals surface area contributed by atoms with E-state index in [-0.39, 0.29) is 12.2 Å². The number of benzene rings is 1. The number of halogens is 1. The lowest BCUT2D eigenvalue weighted by Gasteiger charge is -2.13. The maximum absolute atomic E-state index is 5.53. The fourth-order valence-electron chi connectivity index (χ4n) is 1.14. The fourth-order valence-corrected chi connectivity index (χ4v) is 1.28. The van der Waals surface area contributed by atoms with Gasteiger partial charge in [0.1, 0.15) is 12.2 Å². The second-order valence-corrected chi connectivity index (χ2v) is 3.79. The summed E-state index contributed by atoms with van der Waals surface area (Å²) in [7, 11) is 0. The third-order valence-corrected chi connectivity index (χ3v) is 2.11. The van der Waals surface area contributed by atoms with Crippen molar-refractivity contribution in [3.63, 3.8) is 0 Å². The van der Waals surface area contributed by atoms with Crippen LogP contribution in [0, 0.1) is 17.8 Å². The van der Waals surface area contributed by atoms with Crippen molar-refractivity contribution in [3.05, 3.63) is 35.9 Å². The van der Waals surface area contributed by atoms with E-state index in [1.807, 2.05) is 30.3 Å².